The van der Waals surface area contributed by atoms with Gasteiger partial charge in [-0.3, -0.25) is 4.68 Å². The van der Waals surface area contributed by atoms with E-state index in [9.17, 15) is 0 Å². The maximum Gasteiger partial charge on any atom is 0.133 e. The van der Waals surface area contributed by atoms with Crippen LogP contribution in [0.15, 0.2) is 22.7 Å². The van der Waals surface area contributed by atoms with Crippen molar-refractivity contribution in [3.05, 3.63) is 34.1 Å². The third-order valence-corrected chi connectivity index (χ3v) is 4.35. The minimum Gasteiger partial charge on any atom is -0.496 e. The number of benzene rings is 1. The largest absolute Gasteiger partial charge is 0.496 e. The van der Waals surface area contributed by atoms with Crippen molar-refractivity contribution in [1.29, 1.82) is 0 Å². The molecule has 0 radical (unpaired) electrons. The summed E-state index contributed by atoms with van der Waals surface area (Å²) in [5.74, 6) is 0.845. The molecule has 0 saturated carbocycles. The number of aryl methyl sites for hydroxylation is 1. The molecule has 2 aromatic rings. The zero-order valence-electron chi connectivity index (χ0n) is 11.5. The van der Waals surface area contributed by atoms with Gasteiger partial charge in [-0.25, -0.2) is 0 Å². The monoisotopic (exact) mass is 335 g/mol. The molecule has 2 heterocycles. The molecule has 3 rings (SSSR count). The van der Waals surface area contributed by atoms with Gasteiger partial charge in [-0.05, 0) is 53.0 Å². The van der Waals surface area contributed by atoms with E-state index in [1.54, 1.807) is 7.11 Å². The third kappa shape index (κ3) is 2.25. The highest BCUT2D eigenvalue weighted by Crippen LogP contribution is 2.36. The number of fused-ring (bicyclic) bond motifs is 1. The molecule has 1 aliphatic heterocycles. The first-order valence-corrected chi connectivity index (χ1v) is 7.66. The fourth-order valence-corrected chi connectivity index (χ4v) is 3.39. The van der Waals surface area contributed by atoms with Crippen LogP contribution in [-0.4, -0.2) is 23.4 Å². The molecule has 0 atom stereocenters. The number of ether oxygens (including phenoxy) is 1. The van der Waals surface area contributed by atoms with Gasteiger partial charge in [0.2, 0.25) is 0 Å². The highest BCUT2D eigenvalue weighted by Gasteiger charge is 2.22. The Bertz CT molecular complexity index is 636. The number of nitrogens with two attached hydrogens (primary N) is 1. The van der Waals surface area contributed by atoms with E-state index < -0.39 is 0 Å². The van der Waals surface area contributed by atoms with Gasteiger partial charge in [-0.2, -0.15) is 5.10 Å². The van der Waals surface area contributed by atoms with Crippen LogP contribution in [0.5, 0.6) is 5.75 Å². The number of halogens is 1. The first-order chi connectivity index (χ1) is 9.74. The van der Waals surface area contributed by atoms with Crippen molar-refractivity contribution >= 4 is 15.9 Å². The van der Waals surface area contributed by atoms with Crippen LogP contribution >= 0.6 is 15.9 Å². The van der Waals surface area contributed by atoms with Gasteiger partial charge in [0.25, 0.3) is 0 Å². The number of methoxy groups -OCH3 is 1. The van der Waals surface area contributed by atoms with Crippen LogP contribution in [-0.2, 0) is 19.4 Å². The van der Waals surface area contributed by atoms with Crippen molar-refractivity contribution in [2.45, 2.75) is 25.8 Å². The van der Waals surface area contributed by atoms with Crippen LogP contribution in [0.4, 0.5) is 0 Å². The molecule has 1 aliphatic rings. The normalized spacial score (nSPS) is 13.6. The molecule has 0 spiro atoms. The molecular formula is C15H18BrN3O. The quantitative estimate of drug-likeness (QED) is 0.934. The Morgan fingerprint density at radius 2 is 2.30 bits per heavy atom. The summed E-state index contributed by atoms with van der Waals surface area (Å²) in [4.78, 5) is 0. The van der Waals surface area contributed by atoms with Gasteiger partial charge >= 0.3 is 0 Å². The molecular weight excluding hydrogens is 318 g/mol. The van der Waals surface area contributed by atoms with Gasteiger partial charge < -0.3 is 10.5 Å². The van der Waals surface area contributed by atoms with Crippen LogP contribution in [0.2, 0.25) is 0 Å². The highest BCUT2D eigenvalue weighted by atomic mass is 79.9. The first-order valence-electron chi connectivity index (χ1n) is 6.87. The summed E-state index contributed by atoms with van der Waals surface area (Å²) in [6.07, 6.45) is 3.09. The van der Waals surface area contributed by atoms with E-state index in [2.05, 4.69) is 32.7 Å². The van der Waals surface area contributed by atoms with Gasteiger partial charge in [-0.15, -0.1) is 0 Å². The highest BCUT2D eigenvalue weighted by molar-refractivity contribution is 9.10. The molecule has 0 aliphatic carbocycles. The Hall–Kier alpha value is -1.33. The molecule has 0 unspecified atom stereocenters. The second-order valence-electron chi connectivity index (χ2n) is 4.98. The van der Waals surface area contributed by atoms with Gasteiger partial charge in [0.1, 0.15) is 5.75 Å². The van der Waals surface area contributed by atoms with E-state index >= 15 is 0 Å². The van der Waals surface area contributed by atoms with Crippen LogP contribution in [0.25, 0.3) is 11.1 Å². The Morgan fingerprint density at radius 3 is 3.00 bits per heavy atom. The number of aromatic nitrogens is 2. The van der Waals surface area contributed by atoms with Crippen molar-refractivity contribution in [3.63, 3.8) is 0 Å². The topological polar surface area (TPSA) is 53.1 Å². The van der Waals surface area contributed by atoms with Crippen molar-refractivity contribution in [3.8, 4) is 16.9 Å². The van der Waals surface area contributed by atoms with E-state index in [1.807, 2.05) is 6.07 Å². The smallest absolute Gasteiger partial charge is 0.133 e. The van der Waals surface area contributed by atoms with Crippen molar-refractivity contribution in [1.82, 2.24) is 9.78 Å². The Labute approximate surface area is 127 Å². The second-order valence-corrected chi connectivity index (χ2v) is 5.84. The molecule has 106 valence electrons. The lowest BCUT2D eigenvalue weighted by Gasteiger charge is -2.08. The molecule has 4 nitrogen and oxygen atoms in total. The zero-order chi connectivity index (χ0) is 14.1. The molecule has 0 saturated heterocycles. The summed E-state index contributed by atoms with van der Waals surface area (Å²) < 4.78 is 8.40. The maximum absolute atomic E-state index is 5.72. The van der Waals surface area contributed by atoms with Gasteiger partial charge in [0.15, 0.2) is 0 Å². The van der Waals surface area contributed by atoms with E-state index in [0.717, 1.165) is 35.3 Å². The SMILES string of the molecule is COc1ccc(-c2c(CCN)nn3c2CCC3)cc1Br. The average Bonchev–Trinajstić information content (AvgIpc) is 2.99. The molecule has 0 amide bonds. The predicted octanol–water partition coefficient (Wildman–Crippen LogP) is 2.77. The summed E-state index contributed by atoms with van der Waals surface area (Å²) in [5, 5.41) is 4.72. The molecule has 1 aromatic heterocycles. The lowest BCUT2D eigenvalue weighted by Crippen LogP contribution is -2.05. The summed E-state index contributed by atoms with van der Waals surface area (Å²) in [6, 6.07) is 6.19. The van der Waals surface area contributed by atoms with E-state index in [0.29, 0.717) is 6.54 Å². The lowest BCUT2D eigenvalue weighted by molar-refractivity contribution is 0.412. The fraction of sp³-hybridized carbons (Fsp3) is 0.400. The average molecular weight is 336 g/mol. The summed E-state index contributed by atoms with van der Waals surface area (Å²) in [7, 11) is 1.68. The summed E-state index contributed by atoms with van der Waals surface area (Å²) in [5.41, 5.74) is 10.6. The summed E-state index contributed by atoms with van der Waals surface area (Å²) >= 11 is 3.56. The van der Waals surface area contributed by atoms with E-state index in [-0.39, 0.29) is 0 Å². The van der Waals surface area contributed by atoms with Crippen molar-refractivity contribution < 1.29 is 4.74 Å². The number of hydrogen-bond donors (Lipinski definition) is 1. The molecule has 0 fully saturated rings. The zero-order valence-corrected chi connectivity index (χ0v) is 13.1. The van der Waals surface area contributed by atoms with E-state index in [1.165, 1.54) is 23.2 Å². The maximum atomic E-state index is 5.72. The molecule has 1 aromatic carbocycles. The van der Waals surface area contributed by atoms with Crippen molar-refractivity contribution in [2.75, 3.05) is 13.7 Å². The minimum atomic E-state index is 0.626. The Morgan fingerprint density at radius 1 is 1.45 bits per heavy atom. The number of rotatable bonds is 4. The molecule has 0 bridgehead atoms. The Balaban J connectivity index is 2.11. The minimum absolute atomic E-state index is 0.626. The third-order valence-electron chi connectivity index (χ3n) is 3.74. The van der Waals surface area contributed by atoms with Gasteiger partial charge in [-0.1, -0.05) is 6.07 Å². The van der Waals surface area contributed by atoms with Crippen LogP contribution in [0.3, 0.4) is 0 Å². The van der Waals surface area contributed by atoms with Crippen LogP contribution in [0.1, 0.15) is 17.8 Å². The lowest BCUT2D eigenvalue weighted by atomic mass is 10.00. The van der Waals surface area contributed by atoms with Gasteiger partial charge in [0.05, 0.1) is 17.3 Å². The fourth-order valence-electron chi connectivity index (χ4n) is 2.85. The number of hydrogen-bond acceptors (Lipinski definition) is 3. The molecule has 20 heavy (non-hydrogen) atoms. The standard InChI is InChI=1S/C15H18BrN3O/c1-20-14-5-4-10(9-11(14)16)15-12(6-7-17)18-19-8-2-3-13(15)19/h4-5,9H,2-3,6-8,17H2,1H3. The second kappa shape index (κ2) is 5.58. The molecule has 5 heteroatoms. The Kier molecular flexibility index (Phi) is 3.81. The van der Waals surface area contributed by atoms with Crippen LogP contribution in [0, 0.1) is 0 Å². The van der Waals surface area contributed by atoms with Crippen LogP contribution < -0.4 is 10.5 Å². The summed E-state index contributed by atoms with van der Waals surface area (Å²) in [6.45, 7) is 1.64. The van der Waals surface area contributed by atoms with Crippen molar-refractivity contribution in [2.24, 2.45) is 5.73 Å². The van der Waals surface area contributed by atoms with E-state index in [4.69, 9.17) is 15.6 Å². The first kappa shape index (κ1) is 13.6. The predicted molar refractivity (Wildman–Crippen MR) is 83.0 cm³/mol. The van der Waals surface area contributed by atoms with Gasteiger partial charge in [0, 0.05) is 24.2 Å². The molecule has 2 N–H and O–H groups in total. The number of nitrogens with zero attached hydrogens (tertiary/aromatic N) is 2.